The number of rotatable bonds is 7. The molecule has 1 aliphatic rings. The van der Waals surface area contributed by atoms with Gasteiger partial charge in [-0.25, -0.2) is 0 Å². The smallest absolute Gasteiger partial charge is 0.234 e. The molecular weight excluding hydrogens is 258 g/mol. The minimum Gasteiger partial charge on any atom is -0.393 e. The number of nitrogens with zero attached hydrogens (tertiary/aromatic N) is 2. The van der Waals surface area contributed by atoms with Crippen LogP contribution in [0.25, 0.3) is 0 Å². The third-order valence-corrected chi connectivity index (χ3v) is 3.31. The Hall–Kier alpha value is -1.40. The standard InChI is InChI=1S/C14H25N3O3/c1-3-6-15-13(19)11-16-7-9-17(10-8-16)14(20)5-4-12(2)18/h3,12,18H,1,4-11H2,2H3,(H,15,19). The lowest BCUT2D eigenvalue weighted by molar-refractivity contribution is -0.133. The molecule has 1 unspecified atom stereocenters. The Bertz CT molecular complexity index is 337. The molecular formula is C14H25N3O3. The van der Waals surface area contributed by atoms with Gasteiger partial charge in [-0.2, -0.15) is 0 Å². The van der Waals surface area contributed by atoms with E-state index in [-0.39, 0.29) is 11.8 Å². The van der Waals surface area contributed by atoms with E-state index in [0.29, 0.717) is 52.1 Å². The van der Waals surface area contributed by atoms with Crippen molar-refractivity contribution in [3.8, 4) is 0 Å². The summed E-state index contributed by atoms with van der Waals surface area (Å²) >= 11 is 0. The highest BCUT2D eigenvalue weighted by Crippen LogP contribution is 2.06. The predicted octanol–water partition coefficient (Wildman–Crippen LogP) is -0.406. The summed E-state index contributed by atoms with van der Waals surface area (Å²) in [6.07, 6.45) is 2.10. The maximum atomic E-state index is 11.9. The minimum absolute atomic E-state index is 0.0150. The van der Waals surface area contributed by atoms with E-state index in [1.165, 1.54) is 0 Å². The molecule has 0 bridgehead atoms. The van der Waals surface area contributed by atoms with E-state index in [1.54, 1.807) is 17.9 Å². The number of carbonyl (C=O) groups is 2. The van der Waals surface area contributed by atoms with E-state index in [1.807, 2.05) is 4.90 Å². The second kappa shape index (κ2) is 8.71. The van der Waals surface area contributed by atoms with Gasteiger partial charge in [0.2, 0.25) is 11.8 Å². The van der Waals surface area contributed by atoms with Gasteiger partial charge in [0.25, 0.3) is 0 Å². The van der Waals surface area contributed by atoms with Gasteiger partial charge in [-0.05, 0) is 13.3 Å². The van der Waals surface area contributed by atoms with Gasteiger partial charge in [0.15, 0.2) is 0 Å². The molecule has 0 aliphatic carbocycles. The van der Waals surface area contributed by atoms with Crippen LogP contribution in [0.4, 0.5) is 0 Å². The first-order valence-electron chi connectivity index (χ1n) is 7.08. The monoisotopic (exact) mass is 283 g/mol. The van der Waals surface area contributed by atoms with Gasteiger partial charge in [-0.15, -0.1) is 6.58 Å². The SMILES string of the molecule is C=CCNC(=O)CN1CCN(C(=O)CCC(C)O)CC1. The quantitative estimate of drug-likeness (QED) is 0.623. The molecule has 1 atom stereocenters. The molecule has 1 rings (SSSR count). The van der Waals surface area contributed by atoms with E-state index < -0.39 is 6.10 Å². The Labute approximate surface area is 120 Å². The van der Waals surface area contributed by atoms with E-state index in [0.717, 1.165) is 0 Å². The third-order valence-electron chi connectivity index (χ3n) is 3.31. The Morgan fingerprint density at radius 1 is 1.35 bits per heavy atom. The zero-order valence-electron chi connectivity index (χ0n) is 12.2. The number of piperazine rings is 1. The average molecular weight is 283 g/mol. The fraction of sp³-hybridized carbons (Fsp3) is 0.714. The van der Waals surface area contributed by atoms with Gasteiger partial charge >= 0.3 is 0 Å². The fourth-order valence-electron chi connectivity index (χ4n) is 2.09. The van der Waals surface area contributed by atoms with Crippen molar-refractivity contribution in [2.75, 3.05) is 39.3 Å². The molecule has 0 spiro atoms. The number of carbonyl (C=O) groups excluding carboxylic acids is 2. The zero-order valence-corrected chi connectivity index (χ0v) is 12.2. The molecule has 6 heteroatoms. The summed E-state index contributed by atoms with van der Waals surface area (Å²) in [4.78, 5) is 27.3. The molecule has 0 aromatic carbocycles. The molecule has 2 amide bonds. The summed E-state index contributed by atoms with van der Waals surface area (Å²) in [7, 11) is 0. The first kappa shape index (κ1) is 16.7. The molecule has 0 saturated carbocycles. The Kier molecular flexibility index (Phi) is 7.25. The van der Waals surface area contributed by atoms with E-state index in [4.69, 9.17) is 0 Å². The summed E-state index contributed by atoms with van der Waals surface area (Å²) in [6.45, 7) is 8.80. The number of amides is 2. The van der Waals surface area contributed by atoms with Crippen molar-refractivity contribution in [2.45, 2.75) is 25.9 Å². The van der Waals surface area contributed by atoms with Crippen LogP contribution >= 0.6 is 0 Å². The van der Waals surface area contributed by atoms with Crippen molar-refractivity contribution >= 4 is 11.8 Å². The molecule has 6 nitrogen and oxygen atoms in total. The number of hydrogen-bond acceptors (Lipinski definition) is 4. The van der Waals surface area contributed by atoms with Crippen LogP contribution in [0.1, 0.15) is 19.8 Å². The van der Waals surface area contributed by atoms with Gasteiger partial charge in [0.1, 0.15) is 0 Å². The molecule has 0 aromatic heterocycles. The van der Waals surface area contributed by atoms with Crippen molar-refractivity contribution in [1.82, 2.24) is 15.1 Å². The fourth-order valence-corrected chi connectivity index (χ4v) is 2.09. The second-order valence-electron chi connectivity index (χ2n) is 5.14. The first-order chi connectivity index (χ1) is 9.52. The maximum absolute atomic E-state index is 11.9. The highest BCUT2D eigenvalue weighted by atomic mass is 16.3. The molecule has 1 saturated heterocycles. The number of aliphatic hydroxyl groups is 1. The van der Waals surface area contributed by atoms with Crippen LogP contribution in [0.15, 0.2) is 12.7 Å². The lowest BCUT2D eigenvalue weighted by atomic mass is 10.2. The third kappa shape index (κ3) is 6.16. The molecule has 0 aromatic rings. The first-order valence-corrected chi connectivity index (χ1v) is 7.08. The molecule has 1 fully saturated rings. The molecule has 1 heterocycles. The number of nitrogens with one attached hydrogen (secondary N) is 1. The van der Waals surface area contributed by atoms with Crippen LogP contribution in [0, 0.1) is 0 Å². The Balaban J connectivity index is 2.24. The Morgan fingerprint density at radius 3 is 2.55 bits per heavy atom. The average Bonchev–Trinajstić information content (AvgIpc) is 2.43. The van der Waals surface area contributed by atoms with E-state index >= 15 is 0 Å². The number of aliphatic hydroxyl groups excluding tert-OH is 1. The highest BCUT2D eigenvalue weighted by molar-refractivity contribution is 5.78. The van der Waals surface area contributed by atoms with Crippen LogP contribution in [0.5, 0.6) is 0 Å². The van der Waals surface area contributed by atoms with Crippen molar-refractivity contribution < 1.29 is 14.7 Å². The molecule has 0 radical (unpaired) electrons. The summed E-state index contributed by atoms with van der Waals surface area (Å²) in [5.41, 5.74) is 0. The van der Waals surface area contributed by atoms with Crippen molar-refractivity contribution in [2.24, 2.45) is 0 Å². The van der Waals surface area contributed by atoms with Crippen molar-refractivity contribution in [3.63, 3.8) is 0 Å². The number of hydrogen-bond donors (Lipinski definition) is 2. The minimum atomic E-state index is -0.436. The molecule has 114 valence electrons. The van der Waals surface area contributed by atoms with Gasteiger partial charge in [-0.1, -0.05) is 6.08 Å². The predicted molar refractivity (Wildman–Crippen MR) is 77.1 cm³/mol. The maximum Gasteiger partial charge on any atom is 0.234 e. The summed E-state index contributed by atoms with van der Waals surface area (Å²) < 4.78 is 0. The lowest BCUT2D eigenvalue weighted by Gasteiger charge is -2.34. The topological polar surface area (TPSA) is 72.9 Å². The van der Waals surface area contributed by atoms with Crippen LogP contribution in [0.2, 0.25) is 0 Å². The molecule has 1 aliphatic heterocycles. The summed E-state index contributed by atoms with van der Waals surface area (Å²) in [5, 5.41) is 11.9. The summed E-state index contributed by atoms with van der Waals surface area (Å²) in [5.74, 6) is 0.0699. The van der Waals surface area contributed by atoms with Gasteiger partial charge in [-0.3, -0.25) is 14.5 Å². The van der Waals surface area contributed by atoms with E-state index in [2.05, 4.69) is 11.9 Å². The van der Waals surface area contributed by atoms with Crippen molar-refractivity contribution in [1.29, 1.82) is 0 Å². The van der Waals surface area contributed by atoms with E-state index in [9.17, 15) is 14.7 Å². The normalized spacial score (nSPS) is 17.6. The van der Waals surface area contributed by atoms with Crippen LogP contribution < -0.4 is 5.32 Å². The second-order valence-corrected chi connectivity index (χ2v) is 5.14. The van der Waals surface area contributed by atoms with Crippen molar-refractivity contribution in [3.05, 3.63) is 12.7 Å². The van der Waals surface area contributed by atoms with Gasteiger partial charge in [0.05, 0.1) is 12.6 Å². The van der Waals surface area contributed by atoms with Crippen LogP contribution in [-0.2, 0) is 9.59 Å². The van der Waals surface area contributed by atoms with Gasteiger partial charge < -0.3 is 15.3 Å². The highest BCUT2D eigenvalue weighted by Gasteiger charge is 2.22. The lowest BCUT2D eigenvalue weighted by Crippen LogP contribution is -2.51. The summed E-state index contributed by atoms with van der Waals surface area (Å²) in [6, 6.07) is 0. The molecule has 20 heavy (non-hydrogen) atoms. The Morgan fingerprint density at radius 2 is 2.00 bits per heavy atom. The van der Waals surface area contributed by atoms with Gasteiger partial charge in [0, 0.05) is 39.1 Å². The molecule has 2 N–H and O–H groups in total. The largest absolute Gasteiger partial charge is 0.393 e. The zero-order chi connectivity index (χ0) is 15.0. The van der Waals surface area contributed by atoms with Crippen LogP contribution in [-0.4, -0.2) is 72.1 Å². The van der Waals surface area contributed by atoms with Crippen LogP contribution in [0.3, 0.4) is 0 Å².